The molecule has 5 heterocycles. The molecule has 1 aromatic heterocycles. The SMILES string of the molecule is COCC1C[C@@H](C2=Nc3ccc4cc5c(cc4c3C2)OCc2cc(-c3cnc([C@@H]4CCCN4C(=O)[C@@H](NC(=O)OC)C(C)C)[nH]3)ccc2-5)N(C(=O)OC(C)(C)C)C1. The van der Waals surface area contributed by atoms with Crippen LogP contribution in [0.3, 0.4) is 0 Å². The number of rotatable bonds is 8. The summed E-state index contributed by atoms with van der Waals surface area (Å²) in [4.78, 5) is 56.0. The van der Waals surface area contributed by atoms with E-state index >= 15 is 0 Å². The van der Waals surface area contributed by atoms with Gasteiger partial charge in [0.15, 0.2) is 0 Å². The van der Waals surface area contributed by atoms with Gasteiger partial charge >= 0.3 is 12.2 Å². The first-order chi connectivity index (χ1) is 27.3. The number of methoxy groups -OCH3 is 2. The third-order valence-electron chi connectivity index (χ3n) is 11.6. The number of aromatic nitrogens is 2. The van der Waals surface area contributed by atoms with E-state index < -0.39 is 17.7 Å². The Kier molecular flexibility index (Phi) is 10.2. The van der Waals surface area contributed by atoms with Crippen LogP contribution in [0.5, 0.6) is 5.75 Å². The molecule has 57 heavy (non-hydrogen) atoms. The second kappa shape index (κ2) is 15.1. The molecule has 8 rings (SSSR count). The Balaban J connectivity index is 1.01. The second-order valence-electron chi connectivity index (χ2n) is 17.0. The number of carbonyl (C=O) groups is 3. The van der Waals surface area contributed by atoms with Crippen molar-refractivity contribution in [2.24, 2.45) is 16.8 Å². The zero-order chi connectivity index (χ0) is 40.2. The predicted octanol–water partition coefficient (Wildman–Crippen LogP) is 7.73. The summed E-state index contributed by atoms with van der Waals surface area (Å²) in [5.74, 6) is 1.52. The molecule has 0 bridgehead atoms. The molecule has 0 spiro atoms. The highest BCUT2D eigenvalue weighted by molar-refractivity contribution is 6.06. The molecule has 3 aromatic carbocycles. The summed E-state index contributed by atoms with van der Waals surface area (Å²) in [5, 5.41) is 4.92. The van der Waals surface area contributed by atoms with Crippen LogP contribution in [0, 0.1) is 11.8 Å². The minimum absolute atomic E-state index is 0.108. The van der Waals surface area contributed by atoms with E-state index in [0.29, 0.717) is 32.7 Å². The molecule has 300 valence electrons. The summed E-state index contributed by atoms with van der Waals surface area (Å²) in [7, 11) is 2.99. The van der Waals surface area contributed by atoms with E-state index in [2.05, 4.69) is 52.8 Å². The van der Waals surface area contributed by atoms with Crippen LogP contribution in [-0.4, -0.2) is 95.2 Å². The van der Waals surface area contributed by atoms with Gasteiger partial charge < -0.3 is 34.1 Å². The second-order valence-corrected chi connectivity index (χ2v) is 17.0. The molecule has 13 nitrogen and oxygen atoms in total. The number of hydrogen-bond donors (Lipinski definition) is 2. The standard InChI is InChI=1S/C44H52N6O7/c1-24(2)39(48-42(52)55-7)41(51)49-14-8-9-36(49)40-45-20-35(47-40)27-10-12-29-28(16-27)23-56-38-19-30-26(17-32(29)38)11-13-33-31(30)18-34(46-33)37-15-25(22-54-6)21-50(37)43(53)57-44(3,4)5/h10-13,16-17,19-20,24-25,36-37,39H,8-9,14-15,18,21-23H2,1-7H3,(H,45,47)(H,48,52)/t25?,36-,37-,39-/m0/s1. The van der Waals surface area contributed by atoms with Crippen LogP contribution in [0.25, 0.3) is 33.2 Å². The summed E-state index contributed by atoms with van der Waals surface area (Å²) in [6.45, 7) is 11.6. The maximum atomic E-state index is 13.6. The molecule has 0 saturated carbocycles. The van der Waals surface area contributed by atoms with Gasteiger partial charge in [-0.15, -0.1) is 0 Å². The highest BCUT2D eigenvalue weighted by Gasteiger charge is 2.42. The van der Waals surface area contributed by atoms with Crippen molar-refractivity contribution in [3.8, 4) is 28.1 Å². The number of likely N-dealkylation sites (tertiary alicyclic amines) is 2. The van der Waals surface area contributed by atoms with Crippen molar-refractivity contribution in [2.45, 2.75) is 90.6 Å². The minimum Gasteiger partial charge on any atom is -0.488 e. The average molecular weight is 777 g/mol. The van der Waals surface area contributed by atoms with Crippen molar-refractivity contribution in [1.82, 2.24) is 25.1 Å². The smallest absolute Gasteiger partial charge is 0.410 e. The number of carbonyl (C=O) groups excluding carboxylic acids is 3. The van der Waals surface area contributed by atoms with Gasteiger partial charge in [0.05, 0.1) is 43.4 Å². The number of nitrogens with zero attached hydrogens (tertiary/aromatic N) is 4. The Hall–Kier alpha value is -5.43. The van der Waals surface area contributed by atoms with Crippen LogP contribution < -0.4 is 10.1 Å². The number of alkyl carbamates (subject to hydrolysis) is 1. The van der Waals surface area contributed by atoms with Crippen LogP contribution in [0.4, 0.5) is 15.3 Å². The van der Waals surface area contributed by atoms with E-state index in [-0.39, 0.29) is 35.9 Å². The Labute approximate surface area is 333 Å². The van der Waals surface area contributed by atoms with Gasteiger partial charge in [0.2, 0.25) is 5.91 Å². The van der Waals surface area contributed by atoms with Crippen molar-refractivity contribution in [3.05, 3.63) is 65.6 Å². The van der Waals surface area contributed by atoms with E-state index in [9.17, 15) is 14.4 Å². The lowest BCUT2D eigenvalue weighted by Gasteiger charge is -2.30. The Morgan fingerprint density at radius 3 is 2.61 bits per heavy atom. The number of benzene rings is 3. The normalized spacial score (nSPS) is 20.5. The minimum atomic E-state index is -0.692. The van der Waals surface area contributed by atoms with Gasteiger partial charge in [0, 0.05) is 43.8 Å². The molecule has 2 fully saturated rings. The fourth-order valence-electron chi connectivity index (χ4n) is 8.85. The first-order valence-corrected chi connectivity index (χ1v) is 19.9. The maximum absolute atomic E-state index is 13.6. The Bertz CT molecular complexity index is 2260. The highest BCUT2D eigenvalue weighted by Crippen LogP contribution is 2.45. The first kappa shape index (κ1) is 38.4. The average Bonchev–Trinajstić information content (AvgIpc) is 4.01. The molecule has 4 atom stereocenters. The first-order valence-electron chi connectivity index (χ1n) is 19.9. The van der Waals surface area contributed by atoms with E-state index in [1.54, 1.807) is 7.11 Å². The predicted molar refractivity (Wildman–Crippen MR) is 217 cm³/mol. The largest absolute Gasteiger partial charge is 0.488 e. The monoisotopic (exact) mass is 776 g/mol. The number of aliphatic imine (C=N–C) groups is 1. The quantitative estimate of drug-likeness (QED) is 0.185. The van der Waals surface area contributed by atoms with Crippen LogP contribution >= 0.6 is 0 Å². The lowest BCUT2D eigenvalue weighted by molar-refractivity contribution is -0.135. The summed E-state index contributed by atoms with van der Waals surface area (Å²) < 4.78 is 22.5. The fraction of sp³-hybridized carbons (Fsp3) is 0.477. The molecular weight excluding hydrogens is 725 g/mol. The molecule has 13 heteroatoms. The van der Waals surface area contributed by atoms with Crippen molar-refractivity contribution in [2.75, 3.05) is 33.9 Å². The molecule has 1 unspecified atom stereocenters. The van der Waals surface area contributed by atoms with Crippen molar-refractivity contribution in [1.29, 1.82) is 0 Å². The summed E-state index contributed by atoms with van der Waals surface area (Å²) in [6.07, 6.45) is 3.94. The number of H-pyrrole nitrogens is 1. The van der Waals surface area contributed by atoms with Gasteiger partial charge in [0.25, 0.3) is 0 Å². The number of hydrogen-bond acceptors (Lipinski definition) is 9. The van der Waals surface area contributed by atoms with Crippen LogP contribution in [0.2, 0.25) is 0 Å². The highest BCUT2D eigenvalue weighted by atomic mass is 16.6. The maximum Gasteiger partial charge on any atom is 0.410 e. The third-order valence-corrected chi connectivity index (χ3v) is 11.6. The molecular formula is C44H52N6O7. The van der Waals surface area contributed by atoms with E-state index in [4.69, 9.17) is 28.9 Å². The zero-order valence-corrected chi connectivity index (χ0v) is 33.8. The molecule has 4 aliphatic heterocycles. The van der Waals surface area contributed by atoms with Gasteiger partial charge in [-0.1, -0.05) is 32.0 Å². The fourth-order valence-corrected chi connectivity index (χ4v) is 8.85. The summed E-state index contributed by atoms with van der Waals surface area (Å²) >= 11 is 0. The van der Waals surface area contributed by atoms with Crippen LogP contribution in [0.1, 0.15) is 76.9 Å². The summed E-state index contributed by atoms with van der Waals surface area (Å²) in [5.41, 5.74) is 7.52. The van der Waals surface area contributed by atoms with Gasteiger partial charge in [0.1, 0.15) is 29.8 Å². The van der Waals surface area contributed by atoms with Crippen molar-refractivity contribution < 1.29 is 33.3 Å². The molecule has 2 N–H and O–H groups in total. The Morgan fingerprint density at radius 1 is 1.04 bits per heavy atom. The lowest BCUT2D eigenvalue weighted by atomic mass is 9.90. The number of aromatic amines is 1. The number of fused-ring (bicyclic) bond motifs is 6. The van der Waals surface area contributed by atoms with Gasteiger partial charge in [-0.25, -0.2) is 14.6 Å². The number of imidazole rings is 1. The van der Waals surface area contributed by atoms with Gasteiger partial charge in [-0.05, 0) is 103 Å². The van der Waals surface area contributed by atoms with Crippen molar-refractivity contribution in [3.63, 3.8) is 0 Å². The topological polar surface area (TPSA) is 148 Å². The molecule has 0 radical (unpaired) electrons. The van der Waals surface area contributed by atoms with E-state index in [1.807, 2.05) is 50.6 Å². The number of ether oxygens (including phenoxy) is 4. The molecule has 0 aliphatic carbocycles. The van der Waals surface area contributed by atoms with Crippen molar-refractivity contribution >= 4 is 40.3 Å². The molecule has 3 amide bonds. The molecule has 4 aromatic rings. The van der Waals surface area contributed by atoms with E-state index in [0.717, 1.165) is 86.5 Å². The lowest BCUT2D eigenvalue weighted by Crippen LogP contribution is -2.51. The van der Waals surface area contributed by atoms with E-state index in [1.165, 1.54) is 7.11 Å². The van der Waals surface area contributed by atoms with Crippen LogP contribution in [-0.2, 0) is 32.0 Å². The number of nitrogens with one attached hydrogen (secondary N) is 2. The molecule has 4 aliphatic rings. The third kappa shape index (κ3) is 7.45. The van der Waals surface area contributed by atoms with Gasteiger partial charge in [-0.2, -0.15) is 0 Å². The molecule has 2 saturated heterocycles. The van der Waals surface area contributed by atoms with Gasteiger partial charge in [-0.3, -0.25) is 14.7 Å². The Morgan fingerprint density at radius 2 is 1.86 bits per heavy atom. The number of amides is 3. The zero-order valence-electron chi connectivity index (χ0n) is 33.8. The van der Waals surface area contributed by atoms with Crippen LogP contribution in [0.15, 0.2) is 53.7 Å². The summed E-state index contributed by atoms with van der Waals surface area (Å²) in [6, 6.07) is 13.9.